The van der Waals surface area contributed by atoms with Crippen molar-refractivity contribution in [2.75, 3.05) is 26.4 Å². The topological polar surface area (TPSA) is 92.3 Å². The molecular weight excluding hydrogens is 1450 g/mol. The molecule has 94 heavy (non-hydrogen) atoms. The summed E-state index contributed by atoms with van der Waals surface area (Å²) in [4.78, 5) is 0. The van der Waals surface area contributed by atoms with Gasteiger partial charge in [0.25, 0.3) is 0 Å². The maximum atomic E-state index is 15.1. The van der Waals surface area contributed by atoms with Crippen LogP contribution in [-0.4, -0.2) is 100.0 Å². The maximum absolute atomic E-state index is 15.1. The monoisotopic (exact) mass is 1460 g/mol. The fourth-order valence-electron chi connectivity index (χ4n) is 6.05. The molecule has 0 fully saturated rings. The molecule has 1 unspecified atom stereocenters. The van der Waals surface area contributed by atoms with E-state index in [0.717, 1.165) is 0 Å². The van der Waals surface area contributed by atoms with Crippen LogP contribution in [0.4, 0.5) is 176 Å². The average molecular weight is 1460 g/mol. The van der Waals surface area contributed by atoms with E-state index in [0.29, 0.717) is 0 Å². The number of hydrogen-bond acceptors (Lipinski definition) is 10. The second-order valence-corrected chi connectivity index (χ2v) is 16.6. The number of halogens is 40. The molecule has 0 saturated heterocycles. The van der Waals surface area contributed by atoms with Crippen LogP contribution in [0.1, 0.15) is 11.1 Å². The number of rotatable bonds is 31. The summed E-state index contributed by atoms with van der Waals surface area (Å²) in [7, 11) is 0. The molecule has 0 saturated carbocycles. The van der Waals surface area contributed by atoms with Gasteiger partial charge in [-0.1, -0.05) is 25.3 Å². The molecule has 4 aromatic rings. The van der Waals surface area contributed by atoms with Gasteiger partial charge in [0.15, 0.2) is 89.4 Å². The van der Waals surface area contributed by atoms with Crippen molar-refractivity contribution >= 4 is 12.2 Å². The molecule has 0 radical (unpaired) electrons. The highest BCUT2D eigenvalue weighted by Crippen LogP contribution is 2.52. The average Bonchev–Trinajstić information content (AvgIpc) is 0.757. The van der Waals surface area contributed by atoms with Gasteiger partial charge in [0, 0.05) is 0 Å². The van der Waals surface area contributed by atoms with E-state index in [4.69, 9.17) is 0 Å². The Morgan fingerprint density at radius 1 is 0.277 bits per heavy atom. The molecule has 0 aliphatic heterocycles. The van der Waals surface area contributed by atoms with E-state index in [1.165, 1.54) is 0 Å². The van der Waals surface area contributed by atoms with Crippen LogP contribution in [0.5, 0.6) is 23.0 Å². The molecular formula is C44H16F40O10. The van der Waals surface area contributed by atoms with Crippen LogP contribution in [0.25, 0.3) is 23.3 Å². The zero-order valence-corrected chi connectivity index (χ0v) is 42.7. The summed E-state index contributed by atoms with van der Waals surface area (Å²) in [6.07, 6.45) is -84.4. The Labute approximate surface area is 487 Å². The van der Waals surface area contributed by atoms with Gasteiger partial charge in [-0.15, -0.1) is 0 Å². The second-order valence-electron chi connectivity index (χ2n) is 16.6. The van der Waals surface area contributed by atoms with Crippen molar-refractivity contribution in [2.45, 2.75) is 73.6 Å². The molecule has 0 bridgehead atoms. The molecule has 1 atom stereocenters. The minimum Gasteiger partial charge on any atom is -0.482 e. The van der Waals surface area contributed by atoms with Crippen LogP contribution in [0.15, 0.2) is 13.2 Å². The third-order valence-electron chi connectivity index (χ3n) is 10.1. The van der Waals surface area contributed by atoms with Gasteiger partial charge in [-0.3, -0.25) is 9.44 Å². The van der Waals surface area contributed by atoms with Crippen molar-refractivity contribution in [3.8, 4) is 34.1 Å². The van der Waals surface area contributed by atoms with E-state index < -0.39 is 238 Å². The fourth-order valence-corrected chi connectivity index (χ4v) is 6.05. The predicted molar refractivity (Wildman–Crippen MR) is 215 cm³/mol. The van der Waals surface area contributed by atoms with E-state index in [1.807, 2.05) is 4.74 Å². The van der Waals surface area contributed by atoms with E-state index in [2.05, 4.69) is 46.3 Å². The van der Waals surface area contributed by atoms with E-state index in [1.54, 1.807) is 9.47 Å². The van der Waals surface area contributed by atoms with Crippen LogP contribution < -0.4 is 18.9 Å². The summed E-state index contributed by atoms with van der Waals surface area (Å²) in [6, 6.07) is 0. The summed E-state index contributed by atoms with van der Waals surface area (Å²) in [5.41, 5.74) is -9.74. The molecule has 0 aromatic heterocycles. The third kappa shape index (κ3) is 16.2. The van der Waals surface area contributed by atoms with Crippen LogP contribution >= 0.6 is 0 Å². The summed E-state index contributed by atoms with van der Waals surface area (Å²) in [5.74, 6) is -61.0. The van der Waals surface area contributed by atoms with Gasteiger partial charge in [-0.05, 0) is 0 Å². The van der Waals surface area contributed by atoms with Crippen LogP contribution in [0, 0.1) is 93.1 Å². The first-order valence-electron chi connectivity index (χ1n) is 22.0. The number of alkyl halides is 23. The Morgan fingerprint density at radius 3 is 0.691 bits per heavy atom. The van der Waals surface area contributed by atoms with Gasteiger partial charge in [0.2, 0.25) is 52.9 Å². The van der Waals surface area contributed by atoms with Gasteiger partial charge in [-0.2, -0.15) is 132 Å². The maximum Gasteiger partial charge on any atom is 0.453 e. The van der Waals surface area contributed by atoms with Gasteiger partial charge in [0.1, 0.15) is 6.61 Å². The first kappa shape index (κ1) is 80.8. The highest BCUT2D eigenvalue weighted by molar-refractivity contribution is 5.69. The molecule has 0 N–H and O–H groups in total. The highest BCUT2D eigenvalue weighted by atomic mass is 19.4. The molecule has 50 heteroatoms. The normalized spacial score (nSPS) is 13.9. The van der Waals surface area contributed by atoms with Gasteiger partial charge in [-0.25, -0.2) is 63.2 Å². The summed E-state index contributed by atoms with van der Waals surface area (Å²) >= 11 is 0. The fraction of sp³-hybridized carbons (Fsp3) is 0.364. The van der Waals surface area contributed by atoms with E-state index >= 15 is 17.6 Å². The second kappa shape index (κ2) is 27.3. The van der Waals surface area contributed by atoms with E-state index in [-0.39, 0.29) is 16.9 Å². The smallest absolute Gasteiger partial charge is 0.453 e. The molecule has 10 nitrogen and oxygen atoms in total. The predicted octanol–water partition coefficient (Wildman–Crippen LogP) is 16.8. The standard InChI is InChI=1S/C44H15F39O10.FH/c1-3-9-14(46)22(54)30(23(55)15(9)47)84-5-11(45)88-37(68,69)38(70,71)92-42(78,79)39(72,73)89-35(64,65)7-86-32-26(58)18(50)12(19(51)27(32)59)13-20(52)28(60)33(29(61)21(13)53)87-8-36(66,67)91-41(76,77)44(82,83)93-43(80,81)40(74,75)90-34(62,63)6-85-31-24(56)16(48)10(4-2)17(49)25(31)57;/h3-4,11H,1-2,5-8H2;1H. The van der Waals surface area contributed by atoms with Gasteiger partial charge >= 0.3 is 67.2 Å². The first-order valence-corrected chi connectivity index (χ1v) is 22.0. The van der Waals surface area contributed by atoms with Gasteiger partial charge in [0.05, 0.1) is 22.3 Å². The molecule has 0 aliphatic rings. The van der Waals surface area contributed by atoms with Crippen molar-refractivity contribution in [2.24, 2.45) is 0 Å². The van der Waals surface area contributed by atoms with Gasteiger partial charge < -0.3 is 18.9 Å². The van der Waals surface area contributed by atoms with Crippen molar-refractivity contribution in [1.29, 1.82) is 0 Å². The number of benzene rings is 4. The molecule has 4 rings (SSSR count). The lowest BCUT2D eigenvalue weighted by Crippen LogP contribution is -2.58. The molecule has 0 heterocycles. The Morgan fingerprint density at radius 2 is 0.468 bits per heavy atom. The minimum absolute atomic E-state index is 0. The van der Waals surface area contributed by atoms with Crippen LogP contribution in [0.3, 0.4) is 0 Å². The van der Waals surface area contributed by atoms with Crippen molar-refractivity contribution in [3.05, 3.63) is 117 Å². The molecule has 0 spiro atoms. The lowest BCUT2D eigenvalue weighted by atomic mass is 10.0. The number of hydrogen-bond donors (Lipinski definition) is 0. The third-order valence-corrected chi connectivity index (χ3v) is 10.1. The Hall–Kier alpha value is -7.48. The van der Waals surface area contributed by atoms with Crippen molar-refractivity contribution in [1.82, 2.24) is 0 Å². The zero-order valence-electron chi connectivity index (χ0n) is 42.7. The number of ether oxygens (including phenoxy) is 10. The minimum atomic E-state index is -7.81. The SMILES string of the molecule is C=Cc1c(F)c(F)c(OCC(F)OC(F)(F)C(F)(F)OC(F)(F)C(F)(F)OC(F)(F)COc2c(F)c(F)c(-c3c(F)c(F)c(OCC(F)(F)OC(F)(F)C(F)(F)OC(F)(F)C(F)(F)OC(F)(F)COc4c(F)c(F)c(C=C)c(F)c4F)c(F)c3F)c(F)c2F)c(F)c1F.F. The quantitative estimate of drug-likeness (QED) is 0.0358. The van der Waals surface area contributed by atoms with Crippen molar-refractivity contribution in [3.63, 3.8) is 0 Å². The highest BCUT2D eigenvalue weighted by Gasteiger charge is 2.75. The lowest BCUT2D eigenvalue weighted by Gasteiger charge is -2.34. The van der Waals surface area contributed by atoms with Crippen LogP contribution in [0.2, 0.25) is 0 Å². The molecule has 532 valence electrons. The summed E-state index contributed by atoms with van der Waals surface area (Å²) < 4.78 is 581. The molecule has 4 aromatic carbocycles. The largest absolute Gasteiger partial charge is 0.482 e. The first-order chi connectivity index (χ1) is 41.8. The van der Waals surface area contributed by atoms with E-state index in [9.17, 15) is 154 Å². The van der Waals surface area contributed by atoms with Crippen LogP contribution in [-0.2, 0) is 28.4 Å². The Bertz CT molecular complexity index is 3370. The Kier molecular flexibility index (Phi) is 23.5. The molecule has 0 aliphatic carbocycles. The summed E-state index contributed by atoms with van der Waals surface area (Å²) in [6.45, 7) is -7.85. The molecule has 0 amide bonds. The summed E-state index contributed by atoms with van der Waals surface area (Å²) in [5, 5.41) is 0. The van der Waals surface area contributed by atoms with Crippen molar-refractivity contribution < 1.29 is 223 Å². The zero-order chi connectivity index (χ0) is 72.2. The Balaban J connectivity index is 0.0000230. The lowest BCUT2D eigenvalue weighted by molar-refractivity contribution is -0.557.